The summed E-state index contributed by atoms with van der Waals surface area (Å²) >= 11 is 6.74. The highest BCUT2D eigenvalue weighted by molar-refractivity contribution is 9.10. The molecule has 40 heavy (non-hydrogen) atoms. The fraction of sp³-hybridized carbons (Fsp3) is 0.226. The lowest BCUT2D eigenvalue weighted by atomic mass is 10.0. The summed E-state index contributed by atoms with van der Waals surface area (Å²) in [5, 5.41) is 10.9. The lowest BCUT2D eigenvalue weighted by molar-refractivity contribution is -0.384. The standard InChI is InChI=1S/C13H9Br.C12H8BrNO2.C6H15O3P/c14-11-5-6-13-10(8-11)7-9-3-1-2-4-12(9)13;13-10-6-7-11(12(8-10)14(15)16)9-4-2-1-3-5-9;1-4-7-10(8-5-2)9-6-3/h1-6,8H,7H2;1-8H;4-6H2,1-3H3. The molecule has 0 aliphatic heterocycles. The number of nitro groups is 1. The Morgan fingerprint density at radius 1 is 0.700 bits per heavy atom. The predicted molar refractivity (Wildman–Crippen MR) is 170 cm³/mol. The van der Waals surface area contributed by atoms with Crippen LogP contribution in [0.25, 0.3) is 22.3 Å². The summed E-state index contributed by atoms with van der Waals surface area (Å²) in [6.45, 7) is 7.71. The summed E-state index contributed by atoms with van der Waals surface area (Å²) in [5.74, 6) is 0. The van der Waals surface area contributed by atoms with E-state index >= 15 is 0 Å². The number of rotatable bonds is 8. The molecule has 0 atom stereocenters. The predicted octanol–water partition coefficient (Wildman–Crippen LogP) is 10.4. The summed E-state index contributed by atoms with van der Waals surface area (Å²) in [4.78, 5) is 10.6. The molecule has 9 heteroatoms. The van der Waals surface area contributed by atoms with Gasteiger partial charge >= 0.3 is 8.60 Å². The SMILES string of the molecule is Brc1ccc2c(c1)Cc1ccccc1-2.CCOP(OCC)OCC.O=[N+]([O-])c1cc(Br)ccc1-c1ccccc1. The number of hydrogen-bond acceptors (Lipinski definition) is 5. The molecule has 0 unspecified atom stereocenters. The first-order chi connectivity index (χ1) is 19.4. The van der Waals surface area contributed by atoms with Crippen LogP contribution in [0.4, 0.5) is 5.69 Å². The van der Waals surface area contributed by atoms with Crippen molar-refractivity contribution in [2.75, 3.05) is 19.8 Å². The molecule has 1 aliphatic carbocycles. The summed E-state index contributed by atoms with van der Waals surface area (Å²) in [5.41, 5.74) is 7.26. The summed E-state index contributed by atoms with van der Waals surface area (Å²) in [6, 6.07) is 29.5. The van der Waals surface area contributed by atoms with Crippen LogP contribution >= 0.6 is 40.5 Å². The van der Waals surface area contributed by atoms with Gasteiger partial charge in [-0.15, -0.1) is 0 Å². The molecule has 4 aromatic carbocycles. The van der Waals surface area contributed by atoms with Crippen molar-refractivity contribution < 1.29 is 18.5 Å². The van der Waals surface area contributed by atoms with Crippen molar-refractivity contribution in [2.24, 2.45) is 0 Å². The molecule has 4 aromatic rings. The van der Waals surface area contributed by atoms with Crippen LogP contribution in [0.2, 0.25) is 0 Å². The van der Waals surface area contributed by atoms with Crippen molar-refractivity contribution in [3.63, 3.8) is 0 Å². The highest BCUT2D eigenvalue weighted by Crippen LogP contribution is 2.39. The van der Waals surface area contributed by atoms with Gasteiger partial charge in [0.1, 0.15) is 0 Å². The largest absolute Gasteiger partial charge is 0.332 e. The molecule has 0 heterocycles. The van der Waals surface area contributed by atoms with Gasteiger partial charge < -0.3 is 13.6 Å². The summed E-state index contributed by atoms with van der Waals surface area (Å²) < 4.78 is 17.3. The minimum atomic E-state index is -1.06. The van der Waals surface area contributed by atoms with E-state index in [4.69, 9.17) is 13.6 Å². The highest BCUT2D eigenvalue weighted by atomic mass is 79.9. The van der Waals surface area contributed by atoms with Gasteiger partial charge in [-0.1, -0.05) is 92.5 Å². The molecule has 0 fully saturated rings. The van der Waals surface area contributed by atoms with Crippen molar-refractivity contribution in [3.8, 4) is 22.3 Å². The Labute approximate surface area is 254 Å². The Morgan fingerprint density at radius 3 is 1.82 bits per heavy atom. The summed E-state index contributed by atoms with van der Waals surface area (Å²) in [6.07, 6.45) is 1.07. The van der Waals surface area contributed by atoms with E-state index in [0.717, 1.165) is 12.0 Å². The smallest absolute Gasteiger partial charge is 0.313 e. The third-order valence-corrected chi connectivity index (χ3v) is 8.09. The fourth-order valence-electron chi connectivity index (χ4n) is 4.06. The van der Waals surface area contributed by atoms with Crippen molar-refractivity contribution in [1.82, 2.24) is 0 Å². The minimum absolute atomic E-state index is 0.112. The average Bonchev–Trinajstić information content (AvgIpc) is 3.32. The second kappa shape index (κ2) is 16.7. The number of halogens is 2. The first-order valence-corrected chi connectivity index (χ1v) is 15.6. The van der Waals surface area contributed by atoms with Gasteiger partial charge in [0.15, 0.2) is 0 Å². The van der Waals surface area contributed by atoms with Crippen molar-refractivity contribution in [2.45, 2.75) is 27.2 Å². The van der Waals surface area contributed by atoms with Crippen molar-refractivity contribution in [3.05, 3.63) is 121 Å². The van der Waals surface area contributed by atoms with Crippen LogP contribution < -0.4 is 0 Å². The van der Waals surface area contributed by atoms with Crippen LogP contribution in [-0.4, -0.2) is 24.7 Å². The zero-order valence-electron chi connectivity index (χ0n) is 22.7. The number of benzene rings is 4. The van der Waals surface area contributed by atoms with Gasteiger partial charge in [0.05, 0.1) is 30.3 Å². The van der Waals surface area contributed by atoms with Gasteiger partial charge in [0.2, 0.25) is 0 Å². The molecule has 210 valence electrons. The van der Waals surface area contributed by atoms with Crippen LogP contribution in [0.15, 0.2) is 99.9 Å². The Bertz CT molecular complexity index is 1370. The quantitative estimate of drug-likeness (QED) is 0.0922. The van der Waals surface area contributed by atoms with Gasteiger partial charge in [0.25, 0.3) is 5.69 Å². The molecule has 0 spiro atoms. The topological polar surface area (TPSA) is 70.8 Å². The van der Waals surface area contributed by atoms with E-state index in [0.29, 0.717) is 29.9 Å². The monoisotopic (exact) mass is 687 g/mol. The number of nitro benzene ring substituents is 1. The highest BCUT2D eigenvalue weighted by Gasteiger charge is 2.17. The maximum Gasteiger partial charge on any atom is 0.332 e. The summed E-state index contributed by atoms with van der Waals surface area (Å²) in [7, 11) is -1.06. The maximum atomic E-state index is 10.9. The lowest BCUT2D eigenvalue weighted by Crippen LogP contribution is -1.94. The van der Waals surface area contributed by atoms with E-state index in [-0.39, 0.29) is 10.6 Å². The molecule has 0 saturated heterocycles. The van der Waals surface area contributed by atoms with E-state index < -0.39 is 8.60 Å². The third-order valence-electron chi connectivity index (χ3n) is 5.70. The van der Waals surface area contributed by atoms with Crippen molar-refractivity contribution in [1.29, 1.82) is 0 Å². The Hall–Kier alpha value is -2.45. The van der Waals surface area contributed by atoms with Gasteiger partial charge in [0, 0.05) is 15.0 Å². The Balaban J connectivity index is 0.000000170. The molecule has 1 aliphatic rings. The van der Waals surface area contributed by atoms with Crippen molar-refractivity contribution >= 4 is 46.1 Å². The molecular weight excluding hydrogens is 657 g/mol. The molecule has 0 aromatic heterocycles. The second-order valence-electron chi connectivity index (χ2n) is 8.40. The third kappa shape index (κ3) is 9.30. The van der Waals surface area contributed by atoms with E-state index in [2.05, 4.69) is 74.3 Å². The first kappa shape index (κ1) is 32.1. The van der Waals surface area contributed by atoms with Gasteiger partial charge in [-0.05, 0) is 79.3 Å². The van der Waals surface area contributed by atoms with Crippen LogP contribution in [0.3, 0.4) is 0 Å². The minimum Gasteiger partial charge on any atom is -0.313 e. The molecular formula is C31H32Br2NO5P. The van der Waals surface area contributed by atoms with Crippen LogP contribution in [-0.2, 0) is 20.0 Å². The number of hydrogen-bond donors (Lipinski definition) is 0. The van der Waals surface area contributed by atoms with E-state index in [1.54, 1.807) is 12.1 Å². The van der Waals surface area contributed by atoms with Gasteiger partial charge in [-0.3, -0.25) is 10.1 Å². The normalized spacial score (nSPS) is 11.1. The van der Waals surface area contributed by atoms with Crippen LogP contribution in [0.1, 0.15) is 31.9 Å². The van der Waals surface area contributed by atoms with Crippen LogP contribution in [0.5, 0.6) is 0 Å². The molecule has 0 bridgehead atoms. The molecule has 0 amide bonds. The average molecular weight is 689 g/mol. The molecule has 0 N–H and O–H groups in total. The Morgan fingerprint density at radius 2 is 1.23 bits per heavy atom. The van der Waals surface area contributed by atoms with E-state index in [1.165, 1.54) is 32.8 Å². The Kier molecular flexibility index (Phi) is 13.4. The molecule has 0 radical (unpaired) electrons. The number of fused-ring (bicyclic) bond motifs is 3. The fourth-order valence-corrected chi connectivity index (χ4v) is 5.67. The lowest BCUT2D eigenvalue weighted by Gasteiger charge is -2.12. The zero-order valence-corrected chi connectivity index (χ0v) is 26.7. The molecule has 6 nitrogen and oxygen atoms in total. The van der Waals surface area contributed by atoms with E-state index in [9.17, 15) is 10.1 Å². The van der Waals surface area contributed by atoms with Gasteiger partial charge in [-0.2, -0.15) is 0 Å². The molecule has 0 saturated carbocycles. The maximum absolute atomic E-state index is 10.9. The second-order valence-corrected chi connectivity index (χ2v) is 11.5. The zero-order chi connectivity index (χ0) is 28.9. The molecule has 5 rings (SSSR count). The van der Waals surface area contributed by atoms with Gasteiger partial charge in [-0.25, -0.2) is 0 Å². The van der Waals surface area contributed by atoms with Crippen LogP contribution in [0, 0.1) is 10.1 Å². The first-order valence-electron chi connectivity index (χ1n) is 12.9. The number of nitrogens with zero attached hydrogens (tertiary/aromatic N) is 1. The van der Waals surface area contributed by atoms with E-state index in [1.807, 2.05) is 51.1 Å².